The number of nitrogens with zero attached hydrogens (tertiary/aromatic N) is 3. The average molecular weight is 295 g/mol. The molecule has 21 heavy (non-hydrogen) atoms. The second-order valence-electron chi connectivity index (χ2n) is 6.34. The molecular formula is C15H25N3O3. The molecule has 1 aromatic heterocycles. The highest BCUT2D eigenvalue weighted by Crippen LogP contribution is 2.46. The SMILES string of the molecule is COc1cnn(CCN(C)C)c1C(O)C1CC2CCC1O2. The molecule has 6 heteroatoms. The van der Waals surface area contributed by atoms with E-state index in [0.29, 0.717) is 11.9 Å². The summed E-state index contributed by atoms with van der Waals surface area (Å²) in [5.74, 6) is 0.830. The Labute approximate surface area is 125 Å². The summed E-state index contributed by atoms with van der Waals surface area (Å²) in [5.41, 5.74) is 0.792. The van der Waals surface area contributed by atoms with Crippen LogP contribution in [0.4, 0.5) is 0 Å². The summed E-state index contributed by atoms with van der Waals surface area (Å²) in [5, 5.41) is 15.2. The third-order valence-corrected chi connectivity index (χ3v) is 4.66. The standard InChI is InChI=1S/C15H25N3O3/c1-17(2)6-7-18-14(13(20-3)9-16-18)15(19)11-8-10-4-5-12(11)21-10/h9-12,15,19H,4-8H2,1-3H3. The molecule has 1 N–H and O–H groups in total. The van der Waals surface area contributed by atoms with Crippen LogP contribution in [0.3, 0.4) is 0 Å². The van der Waals surface area contributed by atoms with Crippen LogP contribution in [0.1, 0.15) is 31.1 Å². The van der Waals surface area contributed by atoms with Gasteiger partial charge in [0.15, 0.2) is 5.75 Å². The van der Waals surface area contributed by atoms with Crippen LogP contribution in [-0.2, 0) is 11.3 Å². The van der Waals surface area contributed by atoms with Crippen LogP contribution in [0.2, 0.25) is 0 Å². The predicted octanol–water partition coefficient (Wildman–Crippen LogP) is 1.05. The monoisotopic (exact) mass is 295 g/mol. The molecule has 2 aliphatic heterocycles. The highest BCUT2D eigenvalue weighted by Gasteiger charge is 2.45. The Morgan fingerprint density at radius 3 is 2.90 bits per heavy atom. The lowest BCUT2D eigenvalue weighted by molar-refractivity contribution is 0.0366. The third-order valence-electron chi connectivity index (χ3n) is 4.66. The van der Waals surface area contributed by atoms with E-state index in [1.165, 1.54) is 0 Å². The minimum Gasteiger partial charge on any atom is -0.493 e. The van der Waals surface area contributed by atoms with Gasteiger partial charge in [-0.25, -0.2) is 0 Å². The lowest BCUT2D eigenvalue weighted by Gasteiger charge is -2.25. The van der Waals surface area contributed by atoms with Gasteiger partial charge in [0.05, 0.1) is 32.1 Å². The van der Waals surface area contributed by atoms with Crippen molar-refractivity contribution in [3.63, 3.8) is 0 Å². The molecule has 6 nitrogen and oxygen atoms in total. The Balaban J connectivity index is 1.80. The number of aliphatic hydroxyl groups excluding tert-OH is 1. The van der Waals surface area contributed by atoms with E-state index in [0.717, 1.165) is 38.0 Å². The fourth-order valence-electron chi connectivity index (χ4n) is 3.52. The van der Waals surface area contributed by atoms with Gasteiger partial charge in [-0.1, -0.05) is 0 Å². The Bertz CT molecular complexity index is 489. The maximum absolute atomic E-state index is 10.9. The van der Waals surface area contributed by atoms with Crippen LogP contribution in [0, 0.1) is 5.92 Å². The van der Waals surface area contributed by atoms with Crippen LogP contribution in [0.5, 0.6) is 5.75 Å². The first-order valence-corrected chi connectivity index (χ1v) is 7.68. The van der Waals surface area contributed by atoms with Crippen molar-refractivity contribution in [2.75, 3.05) is 27.7 Å². The molecule has 3 heterocycles. The van der Waals surface area contributed by atoms with Gasteiger partial charge in [0.1, 0.15) is 11.8 Å². The summed E-state index contributed by atoms with van der Waals surface area (Å²) in [7, 11) is 5.68. The van der Waals surface area contributed by atoms with E-state index < -0.39 is 6.10 Å². The number of ether oxygens (including phenoxy) is 2. The molecule has 4 atom stereocenters. The van der Waals surface area contributed by atoms with Gasteiger partial charge in [-0.3, -0.25) is 4.68 Å². The average Bonchev–Trinajstić information content (AvgIpc) is 3.18. The summed E-state index contributed by atoms with van der Waals surface area (Å²) in [6.45, 7) is 1.61. The quantitative estimate of drug-likeness (QED) is 0.850. The molecule has 2 aliphatic rings. The van der Waals surface area contributed by atoms with Gasteiger partial charge in [-0.2, -0.15) is 5.10 Å². The number of likely N-dealkylation sites (N-methyl/N-ethyl adjacent to an activating group) is 1. The Hall–Kier alpha value is -1.11. The zero-order valence-electron chi connectivity index (χ0n) is 13.0. The molecule has 0 spiro atoms. The van der Waals surface area contributed by atoms with E-state index in [-0.39, 0.29) is 12.0 Å². The van der Waals surface area contributed by atoms with Crippen molar-refractivity contribution in [2.45, 2.75) is 44.1 Å². The van der Waals surface area contributed by atoms with Crippen LogP contribution in [0.25, 0.3) is 0 Å². The highest BCUT2D eigenvalue weighted by molar-refractivity contribution is 5.28. The molecule has 2 saturated heterocycles. The molecule has 2 bridgehead atoms. The third kappa shape index (κ3) is 2.80. The molecule has 3 rings (SSSR count). The molecule has 0 saturated carbocycles. The summed E-state index contributed by atoms with van der Waals surface area (Å²) in [6.07, 6.45) is 4.77. The summed E-state index contributed by atoms with van der Waals surface area (Å²) in [6, 6.07) is 0. The first-order valence-electron chi connectivity index (χ1n) is 7.68. The Morgan fingerprint density at radius 1 is 1.52 bits per heavy atom. The predicted molar refractivity (Wildman–Crippen MR) is 78.3 cm³/mol. The fraction of sp³-hybridized carbons (Fsp3) is 0.800. The van der Waals surface area contributed by atoms with Gasteiger partial charge in [0.25, 0.3) is 0 Å². The van der Waals surface area contributed by atoms with Crippen LogP contribution in [-0.4, -0.2) is 59.7 Å². The fourth-order valence-corrected chi connectivity index (χ4v) is 3.52. The molecule has 2 fully saturated rings. The number of aliphatic hydroxyl groups is 1. The van der Waals surface area contributed by atoms with Gasteiger partial charge >= 0.3 is 0 Å². The van der Waals surface area contributed by atoms with E-state index >= 15 is 0 Å². The lowest BCUT2D eigenvalue weighted by atomic mass is 9.84. The maximum Gasteiger partial charge on any atom is 0.162 e. The number of rotatable bonds is 6. The van der Waals surface area contributed by atoms with E-state index in [1.807, 2.05) is 18.8 Å². The largest absolute Gasteiger partial charge is 0.493 e. The van der Waals surface area contributed by atoms with Crippen molar-refractivity contribution >= 4 is 0 Å². The zero-order valence-corrected chi connectivity index (χ0v) is 13.0. The number of hydrogen-bond donors (Lipinski definition) is 1. The second-order valence-corrected chi connectivity index (χ2v) is 6.34. The highest BCUT2D eigenvalue weighted by atomic mass is 16.5. The van der Waals surface area contributed by atoms with E-state index in [2.05, 4.69) is 10.00 Å². The lowest BCUT2D eigenvalue weighted by Crippen LogP contribution is -2.27. The maximum atomic E-state index is 10.9. The van der Waals surface area contributed by atoms with Gasteiger partial charge < -0.3 is 19.5 Å². The normalized spacial score (nSPS) is 29.3. The second kappa shape index (κ2) is 5.94. The first kappa shape index (κ1) is 14.8. The van der Waals surface area contributed by atoms with Crippen molar-refractivity contribution in [1.29, 1.82) is 0 Å². The molecule has 0 aromatic carbocycles. The van der Waals surface area contributed by atoms with Crippen molar-refractivity contribution in [3.8, 4) is 5.75 Å². The summed E-state index contributed by atoms with van der Waals surface area (Å²) in [4.78, 5) is 2.10. The first-order chi connectivity index (χ1) is 10.1. The van der Waals surface area contributed by atoms with E-state index in [1.54, 1.807) is 13.3 Å². The van der Waals surface area contributed by atoms with Gasteiger partial charge in [0, 0.05) is 12.5 Å². The van der Waals surface area contributed by atoms with Crippen LogP contribution >= 0.6 is 0 Å². The molecule has 4 unspecified atom stereocenters. The van der Waals surface area contributed by atoms with Crippen molar-refractivity contribution in [2.24, 2.45) is 5.92 Å². The molecule has 0 radical (unpaired) electrons. The van der Waals surface area contributed by atoms with Gasteiger partial charge in [-0.05, 0) is 33.4 Å². The van der Waals surface area contributed by atoms with E-state index in [9.17, 15) is 5.11 Å². The number of hydrogen-bond acceptors (Lipinski definition) is 5. The number of fused-ring (bicyclic) bond motifs is 2. The van der Waals surface area contributed by atoms with Crippen LogP contribution < -0.4 is 4.74 Å². The molecule has 0 amide bonds. The van der Waals surface area contributed by atoms with Gasteiger partial charge in [0.2, 0.25) is 0 Å². The van der Waals surface area contributed by atoms with Crippen LogP contribution in [0.15, 0.2) is 6.20 Å². The molecule has 0 aliphatic carbocycles. The minimum atomic E-state index is -0.570. The smallest absolute Gasteiger partial charge is 0.162 e. The minimum absolute atomic E-state index is 0.160. The summed E-state index contributed by atoms with van der Waals surface area (Å²) >= 11 is 0. The number of methoxy groups -OCH3 is 1. The zero-order chi connectivity index (χ0) is 15.0. The van der Waals surface area contributed by atoms with Gasteiger partial charge in [-0.15, -0.1) is 0 Å². The Morgan fingerprint density at radius 2 is 2.33 bits per heavy atom. The van der Waals surface area contributed by atoms with Crippen molar-refractivity contribution < 1.29 is 14.6 Å². The molecule has 1 aromatic rings. The van der Waals surface area contributed by atoms with Crippen molar-refractivity contribution in [1.82, 2.24) is 14.7 Å². The summed E-state index contributed by atoms with van der Waals surface area (Å²) < 4.78 is 13.1. The van der Waals surface area contributed by atoms with Crippen molar-refractivity contribution in [3.05, 3.63) is 11.9 Å². The molecular weight excluding hydrogens is 270 g/mol. The van der Waals surface area contributed by atoms with E-state index in [4.69, 9.17) is 9.47 Å². The Kier molecular flexibility index (Phi) is 4.19. The topological polar surface area (TPSA) is 59.8 Å². The number of aromatic nitrogens is 2. The molecule has 118 valence electrons.